The van der Waals surface area contributed by atoms with Crippen LogP contribution >= 0.6 is 22.6 Å². The van der Waals surface area contributed by atoms with E-state index >= 15 is 0 Å². The van der Waals surface area contributed by atoms with Gasteiger partial charge in [-0.3, -0.25) is 4.40 Å². The summed E-state index contributed by atoms with van der Waals surface area (Å²) in [5.41, 5.74) is 0.0379. The van der Waals surface area contributed by atoms with Crippen molar-refractivity contribution < 1.29 is 14.6 Å². The third kappa shape index (κ3) is 2.93. The second kappa shape index (κ2) is 6.29. The fourth-order valence-corrected chi connectivity index (χ4v) is 3.22. The molecule has 0 radical (unpaired) electrons. The zero-order valence-electron chi connectivity index (χ0n) is 12.8. The van der Waals surface area contributed by atoms with Crippen LogP contribution in [0.3, 0.4) is 0 Å². The predicted octanol–water partition coefficient (Wildman–Crippen LogP) is 2.51. The highest BCUT2D eigenvalue weighted by Gasteiger charge is 2.37. The van der Waals surface area contributed by atoms with Gasteiger partial charge in [0.15, 0.2) is 0 Å². The summed E-state index contributed by atoms with van der Waals surface area (Å²) in [6, 6.07) is 0. The lowest BCUT2D eigenvalue weighted by atomic mass is 9.92. The molecule has 0 aromatic carbocycles. The van der Waals surface area contributed by atoms with Gasteiger partial charge in [0.1, 0.15) is 5.60 Å². The molecule has 1 fully saturated rings. The lowest BCUT2D eigenvalue weighted by Crippen LogP contribution is -2.37. The van der Waals surface area contributed by atoms with Gasteiger partial charge in [-0.05, 0) is 55.7 Å². The molecule has 22 heavy (non-hydrogen) atoms. The summed E-state index contributed by atoms with van der Waals surface area (Å²) in [7, 11) is 0. The van der Waals surface area contributed by atoms with Crippen molar-refractivity contribution in [3.63, 3.8) is 0 Å². The van der Waals surface area contributed by atoms with Crippen LogP contribution in [0, 0.1) is 3.57 Å². The number of fused-ring (bicyclic) bond motifs is 1. The number of aromatic nitrogens is 3. The lowest BCUT2D eigenvalue weighted by Gasteiger charge is -2.34. The van der Waals surface area contributed by atoms with Crippen LogP contribution in [0.15, 0.2) is 12.4 Å². The van der Waals surface area contributed by atoms with Crippen LogP contribution in [0.4, 0.5) is 0 Å². The van der Waals surface area contributed by atoms with E-state index in [1.807, 2.05) is 30.6 Å². The van der Waals surface area contributed by atoms with Gasteiger partial charge in [-0.15, -0.1) is 0 Å². The molecule has 1 aliphatic rings. The minimum absolute atomic E-state index is 0.0587. The molecule has 0 amide bonds. The van der Waals surface area contributed by atoms with Crippen molar-refractivity contribution >= 4 is 28.4 Å². The van der Waals surface area contributed by atoms with Gasteiger partial charge in [-0.2, -0.15) is 4.98 Å². The smallest absolute Gasteiger partial charge is 0.237 e. The Morgan fingerprint density at radius 1 is 1.41 bits per heavy atom. The van der Waals surface area contributed by atoms with E-state index in [2.05, 4.69) is 32.6 Å². The third-order valence-electron chi connectivity index (χ3n) is 3.79. The number of halogens is 1. The molecule has 1 N–H and O–H groups in total. The first-order valence-electron chi connectivity index (χ1n) is 7.51. The zero-order chi connectivity index (χ0) is 15.7. The molecule has 7 heteroatoms. The summed E-state index contributed by atoms with van der Waals surface area (Å²) in [4.78, 5) is 9.05. The third-order valence-corrected chi connectivity index (χ3v) is 4.53. The highest BCUT2D eigenvalue weighted by atomic mass is 127. The molecule has 2 aromatic rings. The van der Waals surface area contributed by atoms with Gasteiger partial charge in [0, 0.05) is 19.0 Å². The van der Waals surface area contributed by atoms with E-state index in [4.69, 9.17) is 9.47 Å². The van der Waals surface area contributed by atoms with E-state index in [1.54, 1.807) is 0 Å². The van der Waals surface area contributed by atoms with Crippen molar-refractivity contribution in [3.05, 3.63) is 21.7 Å². The first kappa shape index (κ1) is 15.9. The maximum Gasteiger partial charge on any atom is 0.237 e. The molecule has 120 valence electrons. The minimum Gasteiger partial charge on any atom is -0.474 e. The highest BCUT2D eigenvalue weighted by Crippen LogP contribution is 2.34. The van der Waals surface area contributed by atoms with Crippen molar-refractivity contribution in [1.29, 1.82) is 0 Å². The number of aliphatic hydroxyl groups excluding tert-OH is 1. The van der Waals surface area contributed by atoms with Crippen molar-refractivity contribution in [3.8, 4) is 5.88 Å². The molecule has 3 heterocycles. The van der Waals surface area contributed by atoms with Crippen LogP contribution in [-0.2, 0) is 10.3 Å². The van der Waals surface area contributed by atoms with Crippen molar-refractivity contribution in [2.24, 2.45) is 0 Å². The number of hydrogen-bond donors (Lipinski definition) is 1. The Bertz CT molecular complexity index is 665. The Labute approximate surface area is 143 Å². The second-order valence-electron chi connectivity index (χ2n) is 5.85. The molecule has 0 spiro atoms. The molecular formula is C15H20IN3O3. The number of imidazole rings is 1. The van der Waals surface area contributed by atoms with Crippen molar-refractivity contribution in [1.82, 2.24) is 14.4 Å². The van der Waals surface area contributed by atoms with Gasteiger partial charge in [0.05, 0.1) is 22.0 Å². The molecule has 0 aliphatic carbocycles. The minimum atomic E-state index is -0.698. The Kier molecular flexibility index (Phi) is 4.56. The Morgan fingerprint density at radius 3 is 2.86 bits per heavy atom. The largest absolute Gasteiger partial charge is 0.474 e. The van der Waals surface area contributed by atoms with Crippen LogP contribution in [0.5, 0.6) is 5.88 Å². The number of hydrogen-bond acceptors (Lipinski definition) is 5. The molecule has 1 saturated heterocycles. The van der Waals surface area contributed by atoms with Crippen molar-refractivity contribution in [2.45, 2.75) is 44.8 Å². The van der Waals surface area contributed by atoms with Gasteiger partial charge in [-0.1, -0.05) is 0 Å². The van der Waals surface area contributed by atoms with E-state index in [-0.39, 0.29) is 12.7 Å². The van der Waals surface area contributed by atoms with Crippen LogP contribution in [0.1, 0.15) is 38.8 Å². The highest BCUT2D eigenvalue weighted by molar-refractivity contribution is 14.1. The summed E-state index contributed by atoms with van der Waals surface area (Å²) in [5, 5.41) is 9.83. The Balaban J connectivity index is 2.02. The van der Waals surface area contributed by atoms with Crippen LogP contribution in [0.2, 0.25) is 0 Å². The molecular weight excluding hydrogens is 397 g/mol. The molecule has 1 atom stereocenters. The summed E-state index contributed by atoms with van der Waals surface area (Å²) in [5.74, 6) is 1.15. The molecule has 1 aliphatic heterocycles. The second-order valence-corrected chi connectivity index (χ2v) is 7.01. The zero-order valence-corrected chi connectivity index (χ0v) is 14.9. The SMILES string of the molecule is CC(C)Oc1nc2nc([C@]3(CO)CCCCO3)cn2cc1I. The molecule has 0 saturated carbocycles. The van der Waals surface area contributed by atoms with Gasteiger partial charge >= 0.3 is 0 Å². The lowest BCUT2D eigenvalue weighted by molar-refractivity contribution is -0.116. The quantitative estimate of drug-likeness (QED) is 0.775. The number of nitrogens with zero attached hydrogens (tertiary/aromatic N) is 3. The molecule has 0 unspecified atom stereocenters. The van der Waals surface area contributed by atoms with E-state index in [9.17, 15) is 5.11 Å². The van der Waals surface area contributed by atoms with Gasteiger partial charge in [0.2, 0.25) is 11.7 Å². The average molecular weight is 417 g/mol. The van der Waals surface area contributed by atoms with E-state index < -0.39 is 5.60 Å². The fraction of sp³-hybridized carbons (Fsp3) is 0.600. The molecule has 0 bridgehead atoms. The molecule has 6 nitrogen and oxygen atoms in total. The normalized spacial score (nSPS) is 22.4. The molecule has 2 aromatic heterocycles. The molecule has 3 rings (SSSR count). The summed E-state index contributed by atoms with van der Waals surface area (Å²) in [6.07, 6.45) is 6.72. The maximum absolute atomic E-state index is 9.83. The van der Waals surface area contributed by atoms with Gasteiger partial charge < -0.3 is 14.6 Å². The number of ether oxygens (including phenoxy) is 2. The summed E-state index contributed by atoms with van der Waals surface area (Å²) >= 11 is 2.20. The average Bonchev–Trinajstić information content (AvgIpc) is 2.91. The topological polar surface area (TPSA) is 68.9 Å². The van der Waals surface area contributed by atoms with Crippen LogP contribution in [0.25, 0.3) is 5.78 Å². The number of rotatable bonds is 4. The van der Waals surface area contributed by atoms with Gasteiger partial charge in [-0.25, -0.2) is 4.98 Å². The van der Waals surface area contributed by atoms with Gasteiger partial charge in [0.25, 0.3) is 0 Å². The van der Waals surface area contributed by atoms with Crippen LogP contribution in [-0.4, -0.2) is 38.8 Å². The Hall–Kier alpha value is -0.930. The van der Waals surface area contributed by atoms with Crippen LogP contribution < -0.4 is 4.74 Å². The first-order valence-corrected chi connectivity index (χ1v) is 8.59. The number of aliphatic hydroxyl groups is 1. The fourth-order valence-electron chi connectivity index (χ4n) is 2.67. The standard InChI is InChI=1S/C15H20IN3O3/c1-10(2)22-13-11(16)7-19-8-12(17-14(19)18-13)15(9-20)5-3-4-6-21-15/h7-8,10,20H,3-6,9H2,1-2H3/t15-/m1/s1. The summed E-state index contributed by atoms with van der Waals surface area (Å²) < 4.78 is 14.4. The first-order chi connectivity index (χ1) is 10.5. The van der Waals surface area contributed by atoms with E-state index in [0.717, 1.165) is 28.5 Å². The van der Waals surface area contributed by atoms with E-state index in [0.29, 0.717) is 18.3 Å². The predicted molar refractivity (Wildman–Crippen MR) is 90.0 cm³/mol. The monoisotopic (exact) mass is 417 g/mol. The summed E-state index contributed by atoms with van der Waals surface area (Å²) in [6.45, 7) is 4.52. The van der Waals surface area contributed by atoms with Crippen molar-refractivity contribution in [2.75, 3.05) is 13.2 Å². The Morgan fingerprint density at radius 2 is 2.23 bits per heavy atom. The van der Waals surface area contributed by atoms with E-state index in [1.165, 1.54) is 0 Å². The maximum atomic E-state index is 9.83.